The monoisotopic (exact) mass is 407 g/mol. The van der Waals surface area contributed by atoms with Crippen molar-refractivity contribution in [2.75, 3.05) is 37.6 Å². The standard InChI is InChI=1S/C25H30ClN3/c1-18(17-29-20(3)22-9-5-6-10-23(22)21(29)4)16-27-12-14-28(15-13-27)24-11-7-8-19(2)25(24)26/h5-11,18H,3-4,12-17H2,1-2H3. The first kappa shape index (κ1) is 20.1. The molecule has 0 amide bonds. The largest absolute Gasteiger partial charge is 0.368 e. The lowest BCUT2D eigenvalue weighted by Gasteiger charge is -2.37. The molecule has 0 aliphatic carbocycles. The van der Waals surface area contributed by atoms with E-state index in [0.29, 0.717) is 5.92 Å². The van der Waals surface area contributed by atoms with E-state index in [4.69, 9.17) is 11.6 Å². The van der Waals surface area contributed by atoms with Crippen molar-refractivity contribution in [3.8, 4) is 0 Å². The molecule has 4 heteroatoms. The minimum absolute atomic E-state index is 0.534. The molecule has 0 radical (unpaired) electrons. The summed E-state index contributed by atoms with van der Waals surface area (Å²) in [5.41, 5.74) is 2.31. The summed E-state index contributed by atoms with van der Waals surface area (Å²) < 4.78 is 2.29. The molecular formula is C25H30ClN3. The summed E-state index contributed by atoms with van der Waals surface area (Å²) in [6, 6.07) is 14.7. The summed E-state index contributed by atoms with van der Waals surface area (Å²) in [6.45, 7) is 19.2. The highest BCUT2D eigenvalue weighted by Crippen LogP contribution is 2.29. The third-order valence-electron chi connectivity index (χ3n) is 6.15. The van der Waals surface area contributed by atoms with E-state index < -0.39 is 0 Å². The van der Waals surface area contributed by atoms with Gasteiger partial charge in [0.2, 0.25) is 0 Å². The molecule has 2 heterocycles. The molecule has 152 valence electrons. The highest BCUT2D eigenvalue weighted by molar-refractivity contribution is 6.34. The smallest absolute Gasteiger partial charge is 0.0668 e. The van der Waals surface area contributed by atoms with Crippen LogP contribution in [0, 0.1) is 12.8 Å². The number of rotatable bonds is 5. The Morgan fingerprint density at radius 2 is 1.52 bits per heavy atom. The SMILES string of the molecule is C=c1c2ccccc2c(=C)n1CC(C)CN1CCN(c2cccc(C)c2Cl)CC1. The molecule has 1 aliphatic rings. The second-order valence-corrected chi connectivity index (χ2v) is 8.73. The second kappa shape index (κ2) is 8.25. The Morgan fingerprint density at radius 1 is 0.897 bits per heavy atom. The van der Waals surface area contributed by atoms with Gasteiger partial charge in [-0.1, -0.05) is 68.1 Å². The van der Waals surface area contributed by atoms with Crippen molar-refractivity contribution < 1.29 is 0 Å². The van der Waals surface area contributed by atoms with Gasteiger partial charge in [0, 0.05) is 60.7 Å². The van der Waals surface area contributed by atoms with Crippen molar-refractivity contribution in [2.45, 2.75) is 20.4 Å². The first-order valence-corrected chi connectivity index (χ1v) is 10.8. The molecule has 4 rings (SSSR count). The summed E-state index contributed by atoms with van der Waals surface area (Å²) in [6.07, 6.45) is 0. The van der Waals surface area contributed by atoms with Gasteiger partial charge in [0.15, 0.2) is 0 Å². The topological polar surface area (TPSA) is 11.4 Å². The molecule has 29 heavy (non-hydrogen) atoms. The summed E-state index contributed by atoms with van der Waals surface area (Å²) in [5.74, 6) is 0.534. The van der Waals surface area contributed by atoms with Crippen LogP contribution in [0.4, 0.5) is 5.69 Å². The molecule has 1 saturated heterocycles. The second-order valence-electron chi connectivity index (χ2n) is 8.35. The maximum atomic E-state index is 6.53. The van der Waals surface area contributed by atoms with Crippen LogP contribution in [-0.4, -0.2) is 42.2 Å². The van der Waals surface area contributed by atoms with Crippen molar-refractivity contribution in [2.24, 2.45) is 5.92 Å². The number of nitrogens with zero attached hydrogens (tertiary/aromatic N) is 3. The van der Waals surface area contributed by atoms with Crippen molar-refractivity contribution in [3.05, 3.63) is 63.7 Å². The lowest BCUT2D eigenvalue weighted by atomic mass is 10.1. The van der Waals surface area contributed by atoms with Gasteiger partial charge >= 0.3 is 0 Å². The van der Waals surface area contributed by atoms with Crippen LogP contribution in [0.1, 0.15) is 12.5 Å². The molecule has 1 aliphatic heterocycles. The van der Waals surface area contributed by atoms with Gasteiger partial charge in [0.1, 0.15) is 0 Å². The zero-order chi connectivity index (χ0) is 20.5. The van der Waals surface area contributed by atoms with Gasteiger partial charge in [-0.15, -0.1) is 0 Å². The fraction of sp³-hybridized carbons (Fsp3) is 0.360. The molecule has 1 atom stereocenters. The van der Waals surface area contributed by atoms with Crippen LogP contribution in [0.5, 0.6) is 0 Å². The predicted molar refractivity (Wildman–Crippen MR) is 126 cm³/mol. The highest BCUT2D eigenvalue weighted by Gasteiger charge is 2.21. The molecule has 0 spiro atoms. The molecular weight excluding hydrogens is 378 g/mol. The number of aromatic nitrogens is 1. The van der Waals surface area contributed by atoms with Crippen LogP contribution in [0.25, 0.3) is 23.9 Å². The van der Waals surface area contributed by atoms with Crippen LogP contribution in [0.2, 0.25) is 5.02 Å². The maximum Gasteiger partial charge on any atom is 0.0668 e. The summed E-state index contributed by atoms with van der Waals surface area (Å²) >= 11 is 6.53. The Bertz CT molecular complexity index is 1060. The number of hydrogen-bond donors (Lipinski definition) is 0. The first-order chi connectivity index (χ1) is 14.0. The molecule has 0 N–H and O–H groups in total. The predicted octanol–water partition coefficient (Wildman–Crippen LogP) is 3.88. The number of benzene rings is 2. The molecule has 2 aromatic carbocycles. The lowest BCUT2D eigenvalue weighted by Crippen LogP contribution is -2.48. The quantitative estimate of drug-likeness (QED) is 0.635. The number of fused-ring (bicyclic) bond motifs is 1. The van der Waals surface area contributed by atoms with E-state index in [-0.39, 0.29) is 0 Å². The minimum Gasteiger partial charge on any atom is -0.368 e. The van der Waals surface area contributed by atoms with Gasteiger partial charge in [-0.05, 0) is 24.5 Å². The Morgan fingerprint density at radius 3 is 2.14 bits per heavy atom. The Labute approximate surface area is 178 Å². The number of piperazine rings is 1. The van der Waals surface area contributed by atoms with E-state index in [2.05, 4.69) is 83.8 Å². The lowest BCUT2D eigenvalue weighted by molar-refractivity contribution is 0.214. The van der Waals surface area contributed by atoms with E-state index in [9.17, 15) is 0 Å². The molecule has 3 aromatic rings. The average molecular weight is 408 g/mol. The van der Waals surface area contributed by atoms with E-state index in [1.165, 1.54) is 16.5 Å². The Kier molecular flexibility index (Phi) is 5.71. The van der Waals surface area contributed by atoms with Crippen LogP contribution >= 0.6 is 11.6 Å². The van der Waals surface area contributed by atoms with Crippen LogP contribution < -0.4 is 15.6 Å². The van der Waals surface area contributed by atoms with E-state index in [0.717, 1.165) is 60.6 Å². The summed E-state index contributed by atoms with van der Waals surface area (Å²) in [5, 5.41) is 5.48. The number of anilines is 1. The van der Waals surface area contributed by atoms with Gasteiger partial charge in [-0.25, -0.2) is 0 Å². The zero-order valence-corrected chi connectivity index (χ0v) is 18.3. The van der Waals surface area contributed by atoms with E-state index in [1.54, 1.807) is 0 Å². The van der Waals surface area contributed by atoms with Crippen molar-refractivity contribution >= 4 is 41.2 Å². The van der Waals surface area contributed by atoms with Gasteiger partial charge < -0.3 is 9.47 Å². The minimum atomic E-state index is 0.534. The summed E-state index contributed by atoms with van der Waals surface area (Å²) in [7, 11) is 0. The normalized spacial score (nSPS) is 16.4. The van der Waals surface area contributed by atoms with E-state index in [1.807, 2.05) is 0 Å². The molecule has 1 fully saturated rings. The third kappa shape index (κ3) is 3.94. The van der Waals surface area contributed by atoms with Crippen LogP contribution in [0.3, 0.4) is 0 Å². The number of aryl methyl sites for hydroxylation is 1. The van der Waals surface area contributed by atoms with Crippen molar-refractivity contribution in [1.29, 1.82) is 0 Å². The molecule has 0 bridgehead atoms. The molecule has 1 unspecified atom stereocenters. The molecule has 3 nitrogen and oxygen atoms in total. The average Bonchev–Trinajstić information content (AvgIpc) is 2.96. The number of hydrogen-bond acceptors (Lipinski definition) is 2. The fourth-order valence-electron chi connectivity index (χ4n) is 4.52. The fourth-order valence-corrected chi connectivity index (χ4v) is 4.76. The first-order valence-electron chi connectivity index (χ1n) is 10.4. The highest BCUT2D eigenvalue weighted by atomic mass is 35.5. The number of halogens is 1. The van der Waals surface area contributed by atoms with Gasteiger partial charge in [-0.3, -0.25) is 4.90 Å². The van der Waals surface area contributed by atoms with E-state index >= 15 is 0 Å². The third-order valence-corrected chi connectivity index (χ3v) is 6.64. The van der Waals surface area contributed by atoms with Gasteiger partial charge in [-0.2, -0.15) is 0 Å². The van der Waals surface area contributed by atoms with Crippen molar-refractivity contribution in [3.63, 3.8) is 0 Å². The Hall–Kier alpha value is -2.23. The Balaban J connectivity index is 1.38. The summed E-state index contributed by atoms with van der Waals surface area (Å²) in [4.78, 5) is 4.98. The van der Waals surface area contributed by atoms with Gasteiger partial charge in [0.05, 0.1) is 10.7 Å². The molecule has 0 saturated carbocycles. The van der Waals surface area contributed by atoms with Crippen molar-refractivity contribution in [1.82, 2.24) is 9.47 Å². The molecule has 1 aromatic heterocycles. The maximum absolute atomic E-state index is 6.53. The van der Waals surface area contributed by atoms with Crippen LogP contribution in [0.15, 0.2) is 42.5 Å². The van der Waals surface area contributed by atoms with Crippen LogP contribution in [-0.2, 0) is 6.54 Å². The van der Waals surface area contributed by atoms with Gasteiger partial charge in [0.25, 0.3) is 0 Å². The zero-order valence-electron chi connectivity index (χ0n) is 17.5.